The molecule has 34 heavy (non-hydrogen) atoms. The zero-order valence-corrected chi connectivity index (χ0v) is 18.3. The van der Waals surface area contributed by atoms with Gasteiger partial charge in [-0.2, -0.15) is 13.2 Å². The van der Waals surface area contributed by atoms with E-state index in [4.69, 9.17) is 20.8 Å². The quantitative estimate of drug-likeness (QED) is 0.430. The summed E-state index contributed by atoms with van der Waals surface area (Å²) in [6.07, 6.45) is -4.60. The fourth-order valence-corrected chi connectivity index (χ4v) is 3.12. The number of hydrogen-bond donors (Lipinski definition) is 3. The lowest BCUT2D eigenvalue weighted by Crippen LogP contribution is -2.47. The van der Waals surface area contributed by atoms with E-state index in [1.165, 1.54) is 18.2 Å². The first-order chi connectivity index (χ1) is 16.0. The summed E-state index contributed by atoms with van der Waals surface area (Å²) >= 11 is 5.87. The average Bonchev–Trinajstić information content (AvgIpc) is 2.79. The molecular formula is C22H18ClF3N2O6. The van der Waals surface area contributed by atoms with E-state index in [9.17, 15) is 32.7 Å². The molecule has 0 aliphatic rings. The number of nitrogens with one attached hydrogen (secondary N) is 2. The van der Waals surface area contributed by atoms with Gasteiger partial charge in [0, 0.05) is 17.1 Å². The van der Waals surface area contributed by atoms with Gasteiger partial charge in [-0.1, -0.05) is 17.7 Å². The Morgan fingerprint density at radius 2 is 1.94 bits per heavy atom. The van der Waals surface area contributed by atoms with Crippen LogP contribution < -0.4 is 21.0 Å². The van der Waals surface area contributed by atoms with Gasteiger partial charge in [-0.15, -0.1) is 0 Å². The summed E-state index contributed by atoms with van der Waals surface area (Å²) in [4.78, 5) is 36.2. The second-order valence-electron chi connectivity index (χ2n) is 7.15. The Balaban J connectivity index is 1.61. The van der Waals surface area contributed by atoms with Crippen molar-refractivity contribution in [3.05, 3.63) is 69.0 Å². The van der Waals surface area contributed by atoms with Crippen molar-refractivity contribution in [2.24, 2.45) is 0 Å². The lowest BCUT2D eigenvalue weighted by Gasteiger charge is -2.17. The van der Waals surface area contributed by atoms with Gasteiger partial charge in [-0.3, -0.25) is 9.59 Å². The van der Waals surface area contributed by atoms with Crippen LogP contribution in [0, 0.1) is 6.92 Å². The Bertz CT molecular complexity index is 1290. The molecule has 0 bridgehead atoms. The van der Waals surface area contributed by atoms with Crippen LogP contribution in [0.3, 0.4) is 0 Å². The largest absolute Gasteiger partial charge is 0.484 e. The number of hydrogen-bond acceptors (Lipinski definition) is 6. The summed E-state index contributed by atoms with van der Waals surface area (Å²) in [6.45, 7) is 0.280. The number of carbonyl (C=O) groups is 2. The number of anilines is 1. The number of alkyl halides is 3. The number of benzene rings is 2. The van der Waals surface area contributed by atoms with Crippen molar-refractivity contribution in [2.75, 3.05) is 18.5 Å². The first-order valence-electron chi connectivity index (χ1n) is 9.73. The lowest BCUT2D eigenvalue weighted by atomic mass is 10.1. The Morgan fingerprint density at radius 3 is 2.62 bits per heavy atom. The molecule has 2 aromatic carbocycles. The molecule has 0 saturated heterocycles. The van der Waals surface area contributed by atoms with Crippen molar-refractivity contribution in [2.45, 2.75) is 19.1 Å². The predicted molar refractivity (Wildman–Crippen MR) is 117 cm³/mol. The minimum absolute atomic E-state index is 0.0426. The van der Waals surface area contributed by atoms with Gasteiger partial charge in [0.1, 0.15) is 22.4 Å². The molecule has 0 aliphatic carbocycles. The van der Waals surface area contributed by atoms with Gasteiger partial charge < -0.3 is 24.9 Å². The van der Waals surface area contributed by atoms with Gasteiger partial charge in [0.25, 0.3) is 5.91 Å². The van der Waals surface area contributed by atoms with Gasteiger partial charge in [0.15, 0.2) is 6.61 Å². The Hall–Kier alpha value is -3.57. The molecule has 0 saturated carbocycles. The molecule has 180 valence electrons. The van der Waals surface area contributed by atoms with Crippen LogP contribution in [0.4, 0.5) is 18.9 Å². The zero-order valence-electron chi connectivity index (χ0n) is 17.5. The standard InChI is InChI=1S/C22H18ClF3N2O6/c1-11-15-6-5-14(8-17(15)34-21(32)19(11)23)33-10-18(30)28-16(9-29)20(31)27-13-4-2-3-12(7-13)22(24,25)26/h2-8,16,29H,9-10H2,1H3,(H,27,31)(H,28,30)/t16-/m0/s1. The van der Waals surface area contributed by atoms with Crippen LogP contribution >= 0.6 is 11.6 Å². The van der Waals surface area contributed by atoms with Crippen LogP contribution in [0.1, 0.15) is 11.1 Å². The second kappa shape index (κ2) is 10.1. The Kier molecular flexibility index (Phi) is 7.48. The van der Waals surface area contributed by atoms with E-state index in [1.54, 1.807) is 13.0 Å². The van der Waals surface area contributed by atoms with Crippen LogP contribution in [0.15, 0.2) is 51.7 Å². The number of fused-ring (bicyclic) bond motifs is 1. The highest BCUT2D eigenvalue weighted by Gasteiger charge is 2.30. The molecule has 0 spiro atoms. The SMILES string of the molecule is Cc1c(Cl)c(=O)oc2cc(OCC(=O)N[C@@H](CO)C(=O)Nc3cccc(C(F)(F)F)c3)ccc12. The van der Waals surface area contributed by atoms with Crippen LogP contribution in [-0.2, 0) is 15.8 Å². The van der Waals surface area contributed by atoms with Gasteiger partial charge in [0.05, 0.1) is 12.2 Å². The number of ether oxygens (including phenoxy) is 1. The minimum Gasteiger partial charge on any atom is -0.484 e. The molecule has 3 aromatic rings. The van der Waals surface area contributed by atoms with Crippen molar-refractivity contribution in [3.63, 3.8) is 0 Å². The second-order valence-corrected chi connectivity index (χ2v) is 7.52. The summed E-state index contributed by atoms with van der Waals surface area (Å²) < 4.78 is 48.9. The Labute approximate surface area is 195 Å². The number of carbonyl (C=O) groups excluding carboxylic acids is 2. The average molecular weight is 499 g/mol. The summed E-state index contributed by atoms with van der Waals surface area (Å²) in [5, 5.41) is 14.4. The topological polar surface area (TPSA) is 118 Å². The van der Waals surface area contributed by atoms with E-state index in [0.29, 0.717) is 10.9 Å². The molecule has 12 heteroatoms. The van der Waals surface area contributed by atoms with E-state index in [0.717, 1.165) is 18.2 Å². The fraction of sp³-hybridized carbons (Fsp3) is 0.227. The van der Waals surface area contributed by atoms with Crippen molar-refractivity contribution in [1.82, 2.24) is 5.32 Å². The summed E-state index contributed by atoms with van der Waals surface area (Å²) in [5.41, 5.74) is -1.13. The smallest absolute Gasteiger partial charge is 0.416 e. The normalized spacial score (nSPS) is 12.3. The summed E-state index contributed by atoms with van der Waals surface area (Å²) in [7, 11) is 0. The highest BCUT2D eigenvalue weighted by Crippen LogP contribution is 2.30. The highest BCUT2D eigenvalue weighted by molar-refractivity contribution is 6.31. The third kappa shape index (κ3) is 5.86. The predicted octanol–water partition coefficient (Wildman–Crippen LogP) is 3.27. The molecule has 1 atom stereocenters. The number of halogens is 4. The lowest BCUT2D eigenvalue weighted by molar-refractivity contribution is -0.137. The van der Waals surface area contributed by atoms with Gasteiger partial charge in [-0.25, -0.2) is 4.79 Å². The molecule has 8 nitrogen and oxygen atoms in total. The van der Waals surface area contributed by atoms with E-state index in [1.807, 2.05) is 0 Å². The maximum Gasteiger partial charge on any atom is 0.416 e. The molecule has 3 rings (SSSR count). The number of aliphatic hydroxyl groups is 1. The number of aryl methyl sites for hydroxylation is 1. The molecule has 3 N–H and O–H groups in total. The monoisotopic (exact) mass is 498 g/mol. The van der Waals surface area contributed by atoms with Crippen molar-refractivity contribution < 1.29 is 37.0 Å². The highest BCUT2D eigenvalue weighted by atomic mass is 35.5. The van der Waals surface area contributed by atoms with Gasteiger partial charge in [-0.05, 0) is 42.8 Å². The van der Waals surface area contributed by atoms with Crippen LogP contribution in [0.2, 0.25) is 5.02 Å². The molecule has 1 aromatic heterocycles. The summed E-state index contributed by atoms with van der Waals surface area (Å²) in [6, 6.07) is 6.96. The van der Waals surface area contributed by atoms with Crippen LogP contribution in [-0.4, -0.2) is 36.2 Å². The summed E-state index contributed by atoms with van der Waals surface area (Å²) in [5.74, 6) is -1.52. The Morgan fingerprint density at radius 1 is 1.21 bits per heavy atom. The van der Waals surface area contributed by atoms with Crippen molar-refractivity contribution in [3.8, 4) is 5.75 Å². The molecule has 0 aliphatic heterocycles. The molecule has 0 unspecified atom stereocenters. The first kappa shape index (κ1) is 25.1. The van der Waals surface area contributed by atoms with Crippen molar-refractivity contribution >= 4 is 40.1 Å². The third-order valence-electron chi connectivity index (χ3n) is 4.73. The number of aliphatic hydroxyl groups excluding tert-OH is 1. The van der Waals surface area contributed by atoms with Gasteiger partial charge in [0.2, 0.25) is 5.91 Å². The fourth-order valence-electron chi connectivity index (χ4n) is 2.98. The van der Waals surface area contributed by atoms with E-state index in [-0.39, 0.29) is 22.0 Å². The van der Waals surface area contributed by atoms with E-state index >= 15 is 0 Å². The third-order valence-corrected chi connectivity index (χ3v) is 5.17. The maximum absolute atomic E-state index is 12.8. The number of amides is 2. The van der Waals surface area contributed by atoms with Crippen molar-refractivity contribution in [1.29, 1.82) is 0 Å². The van der Waals surface area contributed by atoms with E-state index in [2.05, 4.69) is 10.6 Å². The van der Waals surface area contributed by atoms with Crippen LogP contribution in [0.25, 0.3) is 11.0 Å². The van der Waals surface area contributed by atoms with Crippen LogP contribution in [0.5, 0.6) is 5.75 Å². The molecule has 2 amide bonds. The number of rotatable bonds is 7. The minimum atomic E-state index is -4.60. The van der Waals surface area contributed by atoms with Gasteiger partial charge >= 0.3 is 11.8 Å². The molecular weight excluding hydrogens is 481 g/mol. The molecule has 0 radical (unpaired) electrons. The van der Waals surface area contributed by atoms with E-state index < -0.39 is 48.4 Å². The molecule has 1 heterocycles. The first-order valence-corrected chi connectivity index (χ1v) is 10.1. The molecule has 0 fully saturated rings. The maximum atomic E-state index is 12.8. The zero-order chi connectivity index (χ0) is 25.0.